The Morgan fingerprint density at radius 3 is 2.25 bits per heavy atom. The lowest BCUT2D eigenvalue weighted by Crippen LogP contribution is -2.37. The minimum absolute atomic E-state index is 0.795. The fourth-order valence-corrected chi connectivity index (χ4v) is 0.975. The molecule has 0 radical (unpaired) electrons. The van der Waals surface area contributed by atoms with Gasteiger partial charge in [-0.25, -0.2) is 4.79 Å². The van der Waals surface area contributed by atoms with Gasteiger partial charge in [-0.15, -0.1) is 0 Å². The third-order valence-corrected chi connectivity index (χ3v) is 1.66. The number of alkyl halides is 3. The highest BCUT2D eigenvalue weighted by Crippen LogP contribution is 2.28. The van der Waals surface area contributed by atoms with Crippen molar-refractivity contribution < 1.29 is 22.7 Å². The predicted molar refractivity (Wildman–Crippen MR) is 44.0 cm³/mol. The van der Waals surface area contributed by atoms with Gasteiger partial charge < -0.3 is 4.74 Å². The molecule has 0 aliphatic carbocycles. The van der Waals surface area contributed by atoms with Crippen LogP contribution in [0.1, 0.15) is 16.1 Å². The number of carbonyl (C=O) groups is 1. The van der Waals surface area contributed by atoms with E-state index in [1.165, 1.54) is 10.2 Å². The lowest BCUT2D eigenvalue weighted by Gasteiger charge is -2.09. The molecule has 0 fully saturated rings. The van der Waals surface area contributed by atoms with Gasteiger partial charge in [0.25, 0.3) is 5.43 Å². The van der Waals surface area contributed by atoms with Crippen molar-refractivity contribution in [3.8, 4) is 0 Å². The summed E-state index contributed by atoms with van der Waals surface area (Å²) >= 11 is 0. The van der Waals surface area contributed by atoms with Gasteiger partial charge in [-0.3, -0.25) is 19.8 Å². The normalized spacial score (nSPS) is 11.2. The zero-order valence-corrected chi connectivity index (χ0v) is 7.77. The molecule has 0 aliphatic heterocycles. The van der Waals surface area contributed by atoms with Crippen LogP contribution in [-0.4, -0.2) is 23.3 Å². The monoisotopic (exact) mass is 238 g/mol. The molecule has 0 amide bonds. The van der Waals surface area contributed by atoms with Gasteiger partial charge in [-0.05, 0) is 0 Å². The van der Waals surface area contributed by atoms with Crippen LogP contribution in [-0.2, 0) is 10.9 Å². The van der Waals surface area contributed by atoms with E-state index in [9.17, 15) is 27.6 Å². The van der Waals surface area contributed by atoms with Gasteiger partial charge in [0.1, 0.15) is 5.56 Å². The number of hydrogen-bond donors (Lipinski definition) is 2. The van der Waals surface area contributed by atoms with Gasteiger partial charge in [-0.2, -0.15) is 13.2 Å². The number of nitrogens with one attached hydrogen (secondary N) is 2. The number of hydrogen-bond acceptors (Lipinski definition) is 4. The first kappa shape index (κ1) is 12.0. The maximum Gasteiger partial charge on any atom is 0.433 e. The topological polar surface area (TPSA) is 92.0 Å². The molecule has 0 saturated carbocycles. The number of methoxy groups -OCH3 is 1. The first-order chi connectivity index (χ1) is 7.29. The third-order valence-electron chi connectivity index (χ3n) is 1.66. The molecule has 1 aromatic heterocycles. The van der Waals surface area contributed by atoms with Crippen LogP contribution in [0, 0.1) is 0 Å². The number of H-pyrrole nitrogens is 2. The Hall–Kier alpha value is -2.06. The van der Waals surface area contributed by atoms with Gasteiger partial charge in [0.2, 0.25) is 0 Å². The van der Waals surface area contributed by atoms with Crippen molar-refractivity contribution >= 4 is 5.97 Å². The molecule has 0 unspecified atom stereocenters. The highest BCUT2D eigenvalue weighted by atomic mass is 19.4. The first-order valence-corrected chi connectivity index (χ1v) is 3.79. The molecule has 0 bridgehead atoms. The lowest BCUT2D eigenvalue weighted by atomic mass is 10.2. The summed E-state index contributed by atoms with van der Waals surface area (Å²) in [6, 6.07) is 0. The number of esters is 1. The smallest absolute Gasteiger partial charge is 0.433 e. The van der Waals surface area contributed by atoms with Gasteiger partial charge in [0.15, 0.2) is 5.69 Å². The van der Waals surface area contributed by atoms with Crippen LogP contribution >= 0.6 is 0 Å². The Balaban J connectivity index is 3.65. The summed E-state index contributed by atoms with van der Waals surface area (Å²) in [7, 11) is 0.795. The van der Waals surface area contributed by atoms with E-state index in [-0.39, 0.29) is 0 Å². The van der Waals surface area contributed by atoms with E-state index in [2.05, 4.69) is 4.74 Å². The van der Waals surface area contributed by atoms with E-state index >= 15 is 0 Å². The Bertz CT molecular complexity index is 528. The van der Waals surface area contributed by atoms with Crippen molar-refractivity contribution in [3.63, 3.8) is 0 Å². The summed E-state index contributed by atoms with van der Waals surface area (Å²) in [5.41, 5.74) is -5.98. The van der Waals surface area contributed by atoms with Crippen molar-refractivity contribution in [3.05, 3.63) is 31.8 Å². The molecule has 0 saturated heterocycles. The Kier molecular flexibility index (Phi) is 2.88. The van der Waals surface area contributed by atoms with Gasteiger partial charge >= 0.3 is 17.7 Å². The maximum atomic E-state index is 12.4. The van der Waals surface area contributed by atoms with E-state index < -0.39 is 34.4 Å². The summed E-state index contributed by atoms with van der Waals surface area (Å²) in [5, 5.41) is 2.91. The van der Waals surface area contributed by atoms with E-state index in [4.69, 9.17) is 0 Å². The average Bonchev–Trinajstić information content (AvgIpc) is 2.19. The number of aromatic amines is 2. The second-order valence-corrected chi connectivity index (χ2v) is 2.65. The van der Waals surface area contributed by atoms with E-state index in [0.717, 1.165) is 7.11 Å². The molecule has 0 spiro atoms. The number of ether oxygens (including phenoxy) is 1. The third kappa shape index (κ3) is 1.97. The van der Waals surface area contributed by atoms with Crippen LogP contribution in [0.2, 0.25) is 0 Å². The summed E-state index contributed by atoms with van der Waals surface area (Å²) in [6.07, 6.45) is -4.98. The summed E-state index contributed by atoms with van der Waals surface area (Å²) in [5.74, 6) is -1.53. The van der Waals surface area contributed by atoms with Crippen LogP contribution in [0.5, 0.6) is 0 Å². The van der Waals surface area contributed by atoms with E-state index in [1.807, 2.05) is 0 Å². The largest absolute Gasteiger partial charge is 0.465 e. The van der Waals surface area contributed by atoms with Crippen molar-refractivity contribution in [2.24, 2.45) is 0 Å². The molecule has 0 aliphatic rings. The summed E-state index contributed by atoms with van der Waals surface area (Å²) < 4.78 is 41.1. The highest BCUT2D eigenvalue weighted by molar-refractivity contribution is 5.90. The number of rotatable bonds is 1. The fraction of sp³-hybridized carbons (Fsp3) is 0.286. The zero-order chi connectivity index (χ0) is 12.5. The fourth-order valence-electron chi connectivity index (χ4n) is 0.975. The zero-order valence-electron chi connectivity index (χ0n) is 7.77. The molecule has 1 aromatic rings. The highest BCUT2D eigenvalue weighted by Gasteiger charge is 2.39. The van der Waals surface area contributed by atoms with E-state index in [1.54, 1.807) is 0 Å². The molecule has 6 nitrogen and oxygen atoms in total. The summed E-state index contributed by atoms with van der Waals surface area (Å²) in [6.45, 7) is 0. The second kappa shape index (κ2) is 3.83. The van der Waals surface area contributed by atoms with Gasteiger partial charge in [0, 0.05) is 0 Å². The van der Waals surface area contributed by atoms with Crippen molar-refractivity contribution in [1.82, 2.24) is 10.2 Å². The van der Waals surface area contributed by atoms with Crippen LogP contribution in [0.4, 0.5) is 13.2 Å². The Morgan fingerprint density at radius 2 is 1.81 bits per heavy atom. The van der Waals surface area contributed by atoms with Crippen LogP contribution in [0.15, 0.2) is 9.59 Å². The molecular formula is C7H5F3N2O4. The molecule has 16 heavy (non-hydrogen) atoms. The standard InChI is InChI=1S/C7H5F3N2O4/c1-16-6(15)2-3(13)5(14)12-11-4(2)7(8,9)10/h1H3,(H,11,13)(H,12,14). The van der Waals surface area contributed by atoms with Crippen LogP contribution in [0.25, 0.3) is 0 Å². The van der Waals surface area contributed by atoms with Gasteiger partial charge in [0.05, 0.1) is 7.11 Å². The maximum absolute atomic E-state index is 12.4. The minimum atomic E-state index is -4.98. The van der Waals surface area contributed by atoms with Crippen LogP contribution < -0.4 is 11.0 Å². The van der Waals surface area contributed by atoms with Crippen molar-refractivity contribution in [2.45, 2.75) is 6.18 Å². The minimum Gasteiger partial charge on any atom is -0.465 e. The molecule has 88 valence electrons. The van der Waals surface area contributed by atoms with E-state index in [0.29, 0.717) is 0 Å². The Morgan fingerprint density at radius 1 is 1.25 bits per heavy atom. The van der Waals surface area contributed by atoms with Crippen molar-refractivity contribution in [2.75, 3.05) is 7.11 Å². The summed E-state index contributed by atoms with van der Waals surface area (Å²) in [4.78, 5) is 32.8. The Labute approximate surface area is 85.0 Å². The van der Waals surface area contributed by atoms with Crippen LogP contribution in [0.3, 0.4) is 0 Å². The molecule has 2 N–H and O–H groups in total. The van der Waals surface area contributed by atoms with Crippen molar-refractivity contribution in [1.29, 1.82) is 0 Å². The second-order valence-electron chi connectivity index (χ2n) is 2.65. The van der Waals surface area contributed by atoms with Gasteiger partial charge in [-0.1, -0.05) is 0 Å². The first-order valence-electron chi connectivity index (χ1n) is 3.79. The number of aromatic nitrogens is 2. The predicted octanol–water partition coefficient (Wildman–Crippen LogP) is -0.131. The average molecular weight is 238 g/mol. The molecule has 9 heteroatoms. The molecule has 0 aromatic carbocycles. The number of halogens is 3. The SMILES string of the molecule is COC(=O)c1c(C(F)(F)F)[nH][nH]c(=O)c1=O. The molecular weight excluding hydrogens is 233 g/mol. The molecule has 1 rings (SSSR count). The molecule has 1 heterocycles. The molecule has 0 atom stereocenters. The number of carbonyl (C=O) groups excluding carboxylic acids is 1. The quantitative estimate of drug-likeness (QED) is 0.526. The lowest BCUT2D eigenvalue weighted by molar-refractivity contribution is -0.142.